The van der Waals surface area contributed by atoms with Crippen LogP contribution >= 0.6 is 0 Å². The predicted molar refractivity (Wildman–Crippen MR) is 104 cm³/mol. The molecule has 0 fully saturated rings. The second-order valence-corrected chi connectivity index (χ2v) is 6.86. The lowest BCUT2D eigenvalue weighted by atomic mass is 10.1. The molecule has 6 heteroatoms. The van der Waals surface area contributed by atoms with Crippen LogP contribution in [0.4, 0.5) is 0 Å². The summed E-state index contributed by atoms with van der Waals surface area (Å²) in [6, 6.07) is 9.80. The number of hydrogen-bond acceptors (Lipinski definition) is 5. The first-order chi connectivity index (χ1) is 13.1. The van der Waals surface area contributed by atoms with Crippen molar-refractivity contribution in [1.29, 1.82) is 0 Å². The third-order valence-corrected chi connectivity index (χ3v) is 5.05. The minimum absolute atomic E-state index is 0.0612. The van der Waals surface area contributed by atoms with Gasteiger partial charge < -0.3 is 9.72 Å². The van der Waals surface area contributed by atoms with Crippen LogP contribution in [0.15, 0.2) is 47.5 Å². The topological polar surface area (TPSA) is 71.1 Å². The fourth-order valence-corrected chi connectivity index (χ4v) is 3.28. The predicted octanol–water partition coefficient (Wildman–Crippen LogP) is 2.84. The van der Waals surface area contributed by atoms with Gasteiger partial charge in [-0.25, -0.2) is 4.98 Å². The number of hydrogen-bond donors (Lipinski definition) is 1. The number of rotatable bonds is 4. The van der Waals surface area contributed by atoms with Crippen LogP contribution in [0.2, 0.25) is 0 Å². The van der Waals surface area contributed by atoms with Crippen LogP contribution < -0.4 is 10.3 Å². The molecule has 6 nitrogen and oxygen atoms in total. The molecule has 3 heterocycles. The number of H-pyrrole nitrogens is 1. The lowest BCUT2D eigenvalue weighted by Gasteiger charge is -2.27. The zero-order valence-electron chi connectivity index (χ0n) is 15.5. The monoisotopic (exact) mass is 362 g/mol. The van der Waals surface area contributed by atoms with Crippen LogP contribution in [0.1, 0.15) is 22.4 Å². The Balaban J connectivity index is 1.53. The number of ether oxygens (including phenoxy) is 1. The van der Waals surface area contributed by atoms with Crippen molar-refractivity contribution in [2.24, 2.45) is 0 Å². The number of aryl methyl sites for hydroxylation is 1. The Kier molecular flexibility index (Phi) is 4.73. The van der Waals surface area contributed by atoms with Gasteiger partial charge in [0, 0.05) is 36.6 Å². The van der Waals surface area contributed by atoms with E-state index in [4.69, 9.17) is 4.74 Å². The SMILES string of the molecule is Cc1cccc(OCN2CCc3c(nc(-c4cccnc4)[nH]c3=O)C2)c1C. The number of benzene rings is 1. The second-order valence-electron chi connectivity index (χ2n) is 6.86. The first kappa shape index (κ1) is 17.4. The molecule has 0 radical (unpaired) electrons. The summed E-state index contributed by atoms with van der Waals surface area (Å²) in [6.07, 6.45) is 4.07. The molecular formula is C21H22N4O2. The number of aromatic amines is 1. The molecule has 0 atom stereocenters. The molecule has 0 amide bonds. The standard InChI is InChI=1S/C21H22N4O2/c1-14-5-3-7-19(15(14)2)27-13-25-10-8-17-18(12-25)23-20(24-21(17)26)16-6-4-9-22-11-16/h3-7,9,11H,8,10,12-13H2,1-2H3,(H,23,24,26). The first-order valence-electron chi connectivity index (χ1n) is 9.05. The number of aromatic nitrogens is 3. The van der Waals surface area contributed by atoms with E-state index < -0.39 is 0 Å². The summed E-state index contributed by atoms with van der Waals surface area (Å²) in [4.78, 5) is 26.3. The van der Waals surface area contributed by atoms with E-state index in [1.807, 2.05) is 24.3 Å². The fourth-order valence-electron chi connectivity index (χ4n) is 3.28. The highest BCUT2D eigenvalue weighted by molar-refractivity contribution is 5.53. The zero-order valence-corrected chi connectivity index (χ0v) is 15.5. The lowest BCUT2D eigenvalue weighted by molar-refractivity contribution is 0.111. The van der Waals surface area contributed by atoms with Gasteiger partial charge in [0.1, 0.15) is 18.3 Å². The minimum atomic E-state index is -0.0612. The highest BCUT2D eigenvalue weighted by Gasteiger charge is 2.22. The summed E-state index contributed by atoms with van der Waals surface area (Å²) in [5.74, 6) is 1.46. The molecule has 4 rings (SSSR count). The van der Waals surface area contributed by atoms with Crippen LogP contribution in [0.5, 0.6) is 5.75 Å². The molecule has 2 aromatic heterocycles. The van der Waals surface area contributed by atoms with Crippen molar-refractivity contribution < 1.29 is 4.74 Å². The quantitative estimate of drug-likeness (QED) is 0.773. The van der Waals surface area contributed by atoms with Crippen molar-refractivity contribution in [2.45, 2.75) is 26.8 Å². The van der Waals surface area contributed by atoms with Gasteiger partial charge in [0.05, 0.1) is 5.69 Å². The average Bonchev–Trinajstić information content (AvgIpc) is 2.69. The Morgan fingerprint density at radius 3 is 2.93 bits per heavy atom. The molecule has 1 aromatic carbocycles. The van der Waals surface area contributed by atoms with Gasteiger partial charge in [-0.2, -0.15) is 0 Å². The zero-order chi connectivity index (χ0) is 18.8. The van der Waals surface area contributed by atoms with E-state index in [9.17, 15) is 4.79 Å². The molecule has 1 aliphatic heterocycles. The van der Waals surface area contributed by atoms with Crippen LogP contribution in [0.25, 0.3) is 11.4 Å². The maximum atomic E-state index is 12.5. The molecule has 0 spiro atoms. The molecule has 1 aliphatic rings. The summed E-state index contributed by atoms with van der Waals surface area (Å²) in [7, 11) is 0. The molecule has 3 aromatic rings. The number of nitrogens with one attached hydrogen (secondary N) is 1. The van der Waals surface area contributed by atoms with Crippen LogP contribution in [0.3, 0.4) is 0 Å². The number of fused-ring (bicyclic) bond motifs is 1. The van der Waals surface area contributed by atoms with Gasteiger partial charge >= 0.3 is 0 Å². The maximum absolute atomic E-state index is 12.5. The van der Waals surface area contributed by atoms with Gasteiger partial charge in [-0.3, -0.25) is 14.7 Å². The van der Waals surface area contributed by atoms with Gasteiger partial charge in [0.2, 0.25) is 0 Å². The second kappa shape index (κ2) is 7.32. The molecule has 0 saturated carbocycles. The largest absolute Gasteiger partial charge is 0.478 e. The fraction of sp³-hybridized carbons (Fsp3) is 0.286. The van der Waals surface area contributed by atoms with Gasteiger partial charge in [0.15, 0.2) is 0 Å². The molecule has 138 valence electrons. The van der Waals surface area contributed by atoms with E-state index in [1.54, 1.807) is 12.4 Å². The lowest BCUT2D eigenvalue weighted by Crippen LogP contribution is -2.37. The van der Waals surface area contributed by atoms with E-state index in [1.165, 1.54) is 5.56 Å². The van der Waals surface area contributed by atoms with E-state index in [0.29, 0.717) is 25.5 Å². The summed E-state index contributed by atoms with van der Waals surface area (Å²) in [5.41, 5.74) is 4.70. The summed E-state index contributed by atoms with van der Waals surface area (Å²) in [6.45, 7) is 5.99. The van der Waals surface area contributed by atoms with E-state index >= 15 is 0 Å². The van der Waals surface area contributed by atoms with Crippen molar-refractivity contribution in [3.05, 3.63) is 75.5 Å². The Bertz CT molecular complexity index is 1010. The Labute approximate surface area is 157 Å². The van der Waals surface area contributed by atoms with E-state index in [-0.39, 0.29) is 5.56 Å². The van der Waals surface area contributed by atoms with Crippen molar-refractivity contribution in [1.82, 2.24) is 19.9 Å². The Morgan fingerprint density at radius 1 is 1.22 bits per heavy atom. The van der Waals surface area contributed by atoms with Gasteiger partial charge in [-0.05, 0) is 49.6 Å². The highest BCUT2D eigenvalue weighted by Crippen LogP contribution is 2.22. The summed E-state index contributed by atoms with van der Waals surface area (Å²) < 4.78 is 6.02. The van der Waals surface area contributed by atoms with E-state index in [0.717, 1.165) is 34.7 Å². The van der Waals surface area contributed by atoms with Crippen LogP contribution in [-0.4, -0.2) is 33.1 Å². The Morgan fingerprint density at radius 2 is 2.11 bits per heavy atom. The highest BCUT2D eigenvalue weighted by atomic mass is 16.5. The van der Waals surface area contributed by atoms with Crippen molar-refractivity contribution in [3.63, 3.8) is 0 Å². The molecule has 1 N–H and O–H groups in total. The number of pyridine rings is 1. The van der Waals surface area contributed by atoms with Crippen LogP contribution in [-0.2, 0) is 13.0 Å². The number of nitrogens with zero attached hydrogens (tertiary/aromatic N) is 3. The summed E-state index contributed by atoms with van der Waals surface area (Å²) >= 11 is 0. The van der Waals surface area contributed by atoms with Gasteiger partial charge in [0.25, 0.3) is 5.56 Å². The van der Waals surface area contributed by atoms with Crippen LogP contribution in [0, 0.1) is 13.8 Å². The maximum Gasteiger partial charge on any atom is 0.254 e. The third-order valence-electron chi connectivity index (χ3n) is 5.05. The van der Waals surface area contributed by atoms with Gasteiger partial charge in [-0.1, -0.05) is 12.1 Å². The van der Waals surface area contributed by atoms with Crippen molar-refractivity contribution in [2.75, 3.05) is 13.3 Å². The van der Waals surface area contributed by atoms with Crippen molar-refractivity contribution >= 4 is 0 Å². The van der Waals surface area contributed by atoms with Crippen molar-refractivity contribution in [3.8, 4) is 17.1 Å². The van der Waals surface area contributed by atoms with E-state index in [2.05, 4.69) is 39.8 Å². The average molecular weight is 362 g/mol. The summed E-state index contributed by atoms with van der Waals surface area (Å²) in [5, 5.41) is 0. The molecule has 0 bridgehead atoms. The molecule has 0 unspecified atom stereocenters. The molecule has 0 aliphatic carbocycles. The normalized spacial score (nSPS) is 14.0. The Hall–Kier alpha value is -2.99. The molecule has 27 heavy (non-hydrogen) atoms. The third kappa shape index (κ3) is 3.61. The van der Waals surface area contributed by atoms with Gasteiger partial charge in [-0.15, -0.1) is 0 Å². The first-order valence-corrected chi connectivity index (χ1v) is 9.05. The smallest absolute Gasteiger partial charge is 0.254 e. The molecular weight excluding hydrogens is 340 g/mol. The molecule has 0 saturated heterocycles. The minimum Gasteiger partial charge on any atom is -0.478 e.